The van der Waals surface area contributed by atoms with Crippen molar-refractivity contribution in [3.8, 4) is 5.75 Å². The van der Waals surface area contributed by atoms with Crippen LogP contribution in [0.3, 0.4) is 0 Å². The first-order valence-corrected chi connectivity index (χ1v) is 11.3. The fourth-order valence-electron chi connectivity index (χ4n) is 4.34. The van der Waals surface area contributed by atoms with Crippen molar-refractivity contribution >= 4 is 45.9 Å². The number of aryl methyl sites for hydroxylation is 1. The Kier molecular flexibility index (Phi) is 5.14. The van der Waals surface area contributed by atoms with Gasteiger partial charge in [0, 0.05) is 16.7 Å². The van der Waals surface area contributed by atoms with Gasteiger partial charge in [0.15, 0.2) is 11.6 Å². The molecule has 2 aliphatic heterocycles. The highest BCUT2D eigenvalue weighted by Crippen LogP contribution is 2.46. The van der Waals surface area contributed by atoms with E-state index in [-0.39, 0.29) is 16.7 Å². The zero-order valence-electron chi connectivity index (χ0n) is 16.7. The average molecular weight is 460 g/mol. The van der Waals surface area contributed by atoms with Gasteiger partial charge in [0.1, 0.15) is 5.25 Å². The van der Waals surface area contributed by atoms with E-state index in [0.717, 1.165) is 36.8 Å². The van der Waals surface area contributed by atoms with Crippen molar-refractivity contribution in [2.75, 3.05) is 12.0 Å². The second-order valence-electron chi connectivity index (χ2n) is 7.69. The Morgan fingerprint density at radius 2 is 2.06 bits per heavy atom. The summed E-state index contributed by atoms with van der Waals surface area (Å²) in [5, 5.41) is 2.59. The zero-order chi connectivity index (χ0) is 21.7. The Hall–Kier alpha value is -2.58. The molecule has 1 saturated heterocycles. The first-order valence-electron chi connectivity index (χ1n) is 10.00. The van der Waals surface area contributed by atoms with E-state index in [1.54, 1.807) is 12.3 Å². The van der Waals surface area contributed by atoms with Crippen LogP contribution in [0.5, 0.6) is 5.75 Å². The van der Waals surface area contributed by atoms with E-state index in [4.69, 9.17) is 16.3 Å². The van der Waals surface area contributed by atoms with Gasteiger partial charge in [0.25, 0.3) is 5.91 Å². The predicted octanol–water partition coefficient (Wildman–Crippen LogP) is 4.34. The quantitative estimate of drug-likeness (QED) is 0.739. The average Bonchev–Trinajstić information content (AvgIpc) is 3.18. The number of benzene rings is 1. The van der Waals surface area contributed by atoms with Gasteiger partial charge in [-0.15, -0.1) is 11.8 Å². The van der Waals surface area contributed by atoms with Crippen molar-refractivity contribution in [2.45, 2.75) is 37.0 Å². The van der Waals surface area contributed by atoms with Crippen molar-refractivity contribution < 1.29 is 18.7 Å². The number of hydrogen-bond donors (Lipinski definition) is 1. The summed E-state index contributed by atoms with van der Waals surface area (Å²) >= 11 is 7.57. The van der Waals surface area contributed by atoms with Gasteiger partial charge in [-0.05, 0) is 55.0 Å². The largest absolute Gasteiger partial charge is 0.494 e. The molecule has 3 amide bonds. The van der Waals surface area contributed by atoms with E-state index in [2.05, 4.69) is 10.3 Å². The van der Waals surface area contributed by atoms with Crippen LogP contribution in [0, 0.1) is 5.82 Å². The number of pyridine rings is 1. The number of nitrogens with zero attached hydrogens (tertiary/aromatic N) is 2. The molecule has 6 nitrogen and oxygen atoms in total. The van der Waals surface area contributed by atoms with Gasteiger partial charge in [-0.1, -0.05) is 11.6 Å². The first-order chi connectivity index (χ1) is 15.0. The summed E-state index contributed by atoms with van der Waals surface area (Å²) in [7, 11) is 1.38. The van der Waals surface area contributed by atoms with E-state index in [0.29, 0.717) is 16.2 Å². The predicted molar refractivity (Wildman–Crippen MR) is 118 cm³/mol. The first kappa shape index (κ1) is 20.3. The Morgan fingerprint density at radius 3 is 2.87 bits per heavy atom. The number of carbonyl (C=O) groups is 2. The molecule has 0 bridgehead atoms. The number of methoxy groups -OCH3 is 1. The highest BCUT2D eigenvalue weighted by molar-refractivity contribution is 8.09. The summed E-state index contributed by atoms with van der Waals surface area (Å²) in [5.74, 6) is -0.792. The van der Waals surface area contributed by atoms with Crippen LogP contribution in [0.4, 0.5) is 14.9 Å². The number of anilines is 1. The minimum Gasteiger partial charge on any atom is -0.494 e. The number of carbonyl (C=O) groups excluding carboxylic acids is 2. The molecule has 2 atom stereocenters. The third-order valence-electron chi connectivity index (χ3n) is 5.86. The number of nitrogens with one attached hydrogen (secondary N) is 1. The summed E-state index contributed by atoms with van der Waals surface area (Å²) in [6.07, 6.45) is 9.02. The molecule has 2 aromatic rings. The zero-order valence-corrected chi connectivity index (χ0v) is 18.2. The Labute approximate surface area is 187 Å². The lowest BCUT2D eigenvalue weighted by molar-refractivity contribution is -0.118. The number of urea groups is 1. The highest BCUT2D eigenvalue weighted by Gasteiger charge is 2.46. The van der Waals surface area contributed by atoms with Crippen LogP contribution < -0.4 is 15.0 Å². The van der Waals surface area contributed by atoms with Gasteiger partial charge >= 0.3 is 6.03 Å². The third kappa shape index (κ3) is 3.38. The van der Waals surface area contributed by atoms with Crippen LogP contribution in [0.15, 0.2) is 30.6 Å². The molecule has 1 fully saturated rings. The molecule has 160 valence electrons. The maximum atomic E-state index is 13.9. The van der Waals surface area contributed by atoms with Crippen molar-refractivity contribution in [3.05, 3.63) is 58.1 Å². The molecule has 0 saturated carbocycles. The van der Waals surface area contributed by atoms with Gasteiger partial charge in [0.2, 0.25) is 0 Å². The fourth-order valence-corrected chi connectivity index (χ4v) is 5.95. The van der Waals surface area contributed by atoms with Crippen LogP contribution in [-0.2, 0) is 17.6 Å². The van der Waals surface area contributed by atoms with Crippen molar-refractivity contribution in [3.63, 3.8) is 0 Å². The second-order valence-corrected chi connectivity index (χ2v) is 9.28. The molecular weight excluding hydrogens is 441 g/mol. The van der Waals surface area contributed by atoms with Gasteiger partial charge in [0.05, 0.1) is 30.1 Å². The standard InChI is InChI=1S/C22H19ClFN3O3S/c1-30-18-6-13(14(23)7-15(18)24)19-8-16-20(31-19)21(28)27(22(29)26-16)17-10-25-9-11-4-2-3-5-12(11)17/h6-10,16,20H,2-5H2,1H3,(H,26,29). The minimum atomic E-state index is -0.561. The van der Waals surface area contributed by atoms with Crippen LogP contribution in [0.2, 0.25) is 5.02 Å². The van der Waals surface area contributed by atoms with E-state index in [1.807, 2.05) is 6.20 Å². The molecular formula is C22H19ClFN3O3S. The molecule has 1 aliphatic carbocycles. The van der Waals surface area contributed by atoms with Gasteiger partial charge in [-0.2, -0.15) is 0 Å². The number of imide groups is 1. The number of hydrogen-bond acceptors (Lipinski definition) is 5. The molecule has 3 aliphatic rings. The maximum Gasteiger partial charge on any atom is 0.329 e. The van der Waals surface area contributed by atoms with Crippen LogP contribution in [0.1, 0.15) is 29.5 Å². The molecule has 1 aromatic carbocycles. The normalized spacial score (nSPS) is 22.5. The molecule has 1 N–H and O–H groups in total. The number of halogens is 2. The van der Waals surface area contributed by atoms with E-state index in [9.17, 15) is 14.0 Å². The van der Waals surface area contributed by atoms with Crippen molar-refractivity contribution in [1.82, 2.24) is 10.3 Å². The Bertz CT molecular complexity index is 1140. The Morgan fingerprint density at radius 1 is 1.26 bits per heavy atom. The molecule has 2 unspecified atom stereocenters. The van der Waals surface area contributed by atoms with Crippen LogP contribution >= 0.6 is 23.4 Å². The summed E-state index contributed by atoms with van der Waals surface area (Å²) in [4.78, 5) is 32.5. The summed E-state index contributed by atoms with van der Waals surface area (Å²) in [6, 6.07) is 1.76. The number of rotatable bonds is 3. The molecule has 0 radical (unpaired) electrons. The molecule has 1 aromatic heterocycles. The Balaban J connectivity index is 1.47. The van der Waals surface area contributed by atoms with E-state index >= 15 is 0 Å². The molecule has 9 heteroatoms. The van der Waals surface area contributed by atoms with Crippen molar-refractivity contribution in [1.29, 1.82) is 0 Å². The number of ether oxygens (including phenoxy) is 1. The summed E-state index contributed by atoms with van der Waals surface area (Å²) < 4.78 is 19.0. The SMILES string of the molecule is COc1cc(C2=CC3NC(=O)N(c4cncc5c4CCCC5)C(=O)C3S2)c(Cl)cc1F. The number of amides is 3. The van der Waals surface area contributed by atoms with E-state index < -0.39 is 23.1 Å². The van der Waals surface area contributed by atoms with Gasteiger partial charge < -0.3 is 10.1 Å². The monoisotopic (exact) mass is 459 g/mol. The second kappa shape index (κ2) is 7.84. The lowest BCUT2D eigenvalue weighted by atomic mass is 9.91. The van der Waals surface area contributed by atoms with Crippen LogP contribution in [-0.4, -0.2) is 35.3 Å². The third-order valence-corrected chi connectivity index (χ3v) is 7.53. The minimum absolute atomic E-state index is 0.0646. The fraction of sp³-hybridized carbons (Fsp3) is 0.318. The number of fused-ring (bicyclic) bond motifs is 2. The lowest BCUT2D eigenvalue weighted by Crippen LogP contribution is -2.60. The maximum absolute atomic E-state index is 13.9. The molecule has 5 rings (SSSR count). The number of thioether (sulfide) groups is 1. The smallest absolute Gasteiger partial charge is 0.329 e. The molecule has 0 spiro atoms. The van der Waals surface area contributed by atoms with Crippen LogP contribution in [0.25, 0.3) is 4.91 Å². The van der Waals surface area contributed by atoms with Crippen molar-refractivity contribution in [2.24, 2.45) is 0 Å². The highest BCUT2D eigenvalue weighted by atomic mass is 35.5. The topological polar surface area (TPSA) is 71.5 Å². The summed E-state index contributed by atoms with van der Waals surface area (Å²) in [6.45, 7) is 0. The van der Waals surface area contributed by atoms with E-state index in [1.165, 1.54) is 35.9 Å². The van der Waals surface area contributed by atoms with Gasteiger partial charge in [-0.3, -0.25) is 9.78 Å². The summed E-state index contributed by atoms with van der Waals surface area (Å²) in [5.41, 5.74) is 3.24. The molecule has 31 heavy (non-hydrogen) atoms. The molecule has 3 heterocycles. The number of aromatic nitrogens is 1. The van der Waals surface area contributed by atoms with Gasteiger partial charge in [-0.25, -0.2) is 14.1 Å². The lowest BCUT2D eigenvalue weighted by Gasteiger charge is -2.34.